The molecule has 4 rings (SSSR count). The van der Waals surface area contributed by atoms with Crippen LogP contribution >= 0.6 is 11.8 Å². The molecule has 2 aliphatic heterocycles. The van der Waals surface area contributed by atoms with Gasteiger partial charge >= 0.3 is 0 Å². The van der Waals surface area contributed by atoms with Gasteiger partial charge in [-0.15, -0.1) is 0 Å². The minimum Gasteiger partial charge on any atom is -0.342 e. The van der Waals surface area contributed by atoms with E-state index < -0.39 is 9.84 Å². The van der Waals surface area contributed by atoms with Crippen LogP contribution in [0, 0.1) is 13.8 Å². The number of hydrogen-bond donors (Lipinski definition) is 0. The Kier molecular flexibility index (Phi) is 5.53. The standard InChI is InChI=1S/C22H24N2O3S2/c1-15-3-7-17(8-4-15)11-21(25)23-22-24(12-18-9-5-16(2)6-10-18)19-13-29(26,27)14-20(19)28-22/h3-10,19-20H,11-14H2,1-2H3/t19-,20+/m0/s1. The quantitative estimate of drug-likeness (QED) is 0.748. The van der Waals surface area contributed by atoms with Crippen molar-refractivity contribution in [2.24, 2.45) is 4.99 Å². The lowest BCUT2D eigenvalue weighted by Gasteiger charge is -2.24. The van der Waals surface area contributed by atoms with Gasteiger partial charge in [-0.05, 0) is 25.0 Å². The fourth-order valence-corrected chi connectivity index (χ4v) is 7.71. The molecule has 2 saturated heterocycles. The van der Waals surface area contributed by atoms with Gasteiger partial charge in [0.1, 0.15) is 0 Å². The second kappa shape index (κ2) is 7.95. The summed E-state index contributed by atoms with van der Waals surface area (Å²) in [5.74, 6) is 0.0765. The van der Waals surface area contributed by atoms with Gasteiger partial charge in [0, 0.05) is 11.8 Å². The van der Waals surface area contributed by atoms with Gasteiger partial charge in [-0.3, -0.25) is 4.79 Å². The third-order valence-electron chi connectivity index (χ3n) is 5.34. The molecule has 152 valence electrons. The highest BCUT2D eigenvalue weighted by Crippen LogP contribution is 2.39. The summed E-state index contributed by atoms with van der Waals surface area (Å²) < 4.78 is 24.3. The first-order valence-corrected chi connectivity index (χ1v) is 12.4. The number of carbonyl (C=O) groups is 1. The van der Waals surface area contributed by atoms with E-state index >= 15 is 0 Å². The van der Waals surface area contributed by atoms with Crippen molar-refractivity contribution in [2.75, 3.05) is 11.5 Å². The molecule has 2 atom stereocenters. The zero-order valence-electron chi connectivity index (χ0n) is 16.5. The Bertz CT molecular complexity index is 1040. The van der Waals surface area contributed by atoms with Crippen LogP contribution in [0.25, 0.3) is 0 Å². The molecule has 5 nitrogen and oxygen atoms in total. The van der Waals surface area contributed by atoms with Crippen LogP contribution in [0.3, 0.4) is 0 Å². The third-order valence-corrected chi connectivity index (χ3v) is 8.59. The Hall–Kier alpha value is -2.12. The molecular weight excluding hydrogens is 404 g/mol. The van der Waals surface area contributed by atoms with Crippen LogP contribution in [0.1, 0.15) is 22.3 Å². The maximum Gasteiger partial charge on any atom is 0.252 e. The number of nitrogens with zero attached hydrogens (tertiary/aromatic N) is 2. The Morgan fingerprint density at radius 1 is 1.00 bits per heavy atom. The number of sulfone groups is 1. The van der Waals surface area contributed by atoms with E-state index in [9.17, 15) is 13.2 Å². The van der Waals surface area contributed by atoms with Crippen molar-refractivity contribution in [3.63, 3.8) is 0 Å². The van der Waals surface area contributed by atoms with Gasteiger partial charge < -0.3 is 4.90 Å². The molecule has 0 N–H and O–H groups in total. The van der Waals surface area contributed by atoms with E-state index in [0.29, 0.717) is 11.7 Å². The highest BCUT2D eigenvalue weighted by atomic mass is 32.2. The van der Waals surface area contributed by atoms with Gasteiger partial charge in [0.25, 0.3) is 5.91 Å². The molecule has 2 heterocycles. The van der Waals surface area contributed by atoms with E-state index in [-0.39, 0.29) is 35.1 Å². The molecule has 0 bridgehead atoms. The number of aryl methyl sites for hydroxylation is 2. The molecule has 29 heavy (non-hydrogen) atoms. The lowest BCUT2D eigenvalue weighted by atomic mass is 10.1. The lowest BCUT2D eigenvalue weighted by molar-refractivity contribution is -0.117. The second-order valence-electron chi connectivity index (χ2n) is 7.86. The monoisotopic (exact) mass is 428 g/mol. The molecule has 0 unspecified atom stereocenters. The highest BCUT2D eigenvalue weighted by Gasteiger charge is 2.48. The van der Waals surface area contributed by atoms with Crippen LogP contribution in [0.15, 0.2) is 53.5 Å². The molecule has 0 aliphatic carbocycles. The van der Waals surface area contributed by atoms with E-state index in [1.807, 2.05) is 67.3 Å². The van der Waals surface area contributed by atoms with Crippen molar-refractivity contribution in [3.8, 4) is 0 Å². The smallest absolute Gasteiger partial charge is 0.252 e. The number of carbonyl (C=O) groups excluding carboxylic acids is 1. The van der Waals surface area contributed by atoms with Gasteiger partial charge in [-0.25, -0.2) is 8.42 Å². The number of aliphatic imine (C=N–C) groups is 1. The van der Waals surface area contributed by atoms with Crippen LogP contribution in [0.5, 0.6) is 0 Å². The summed E-state index contributed by atoms with van der Waals surface area (Å²) in [5.41, 5.74) is 4.34. The van der Waals surface area contributed by atoms with Crippen molar-refractivity contribution in [1.29, 1.82) is 0 Å². The van der Waals surface area contributed by atoms with E-state index in [1.54, 1.807) is 0 Å². The summed E-state index contributed by atoms with van der Waals surface area (Å²) in [6, 6.07) is 15.9. The maximum atomic E-state index is 12.6. The molecular formula is C22H24N2O3S2. The summed E-state index contributed by atoms with van der Waals surface area (Å²) in [7, 11) is -3.04. The fraction of sp³-hybridized carbons (Fsp3) is 0.364. The number of thioether (sulfide) groups is 1. The molecule has 2 fully saturated rings. The fourth-order valence-electron chi connectivity index (χ4n) is 3.74. The molecule has 0 aromatic heterocycles. The zero-order valence-corrected chi connectivity index (χ0v) is 18.2. The molecule has 2 aromatic carbocycles. The van der Waals surface area contributed by atoms with Crippen LogP contribution in [0.2, 0.25) is 0 Å². The van der Waals surface area contributed by atoms with Gasteiger partial charge in [-0.2, -0.15) is 4.99 Å². The Balaban J connectivity index is 1.56. The molecule has 2 aliphatic rings. The van der Waals surface area contributed by atoms with Crippen LogP contribution in [0.4, 0.5) is 0 Å². The van der Waals surface area contributed by atoms with Crippen molar-refractivity contribution in [2.45, 2.75) is 38.1 Å². The molecule has 0 saturated carbocycles. The number of benzene rings is 2. The van der Waals surface area contributed by atoms with Gasteiger partial charge in [0.15, 0.2) is 15.0 Å². The SMILES string of the molecule is Cc1ccc(CC(=O)N=C2S[C@@H]3CS(=O)(=O)C[C@@H]3N2Cc2ccc(C)cc2)cc1. The molecule has 0 radical (unpaired) electrons. The minimum atomic E-state index is -3.04. The predicted molar refractivity (Wildman–Crippen MR) is 118 cm³/mol. The van der Waals surface area contributed by atoms with Crippen molar-refractivity contribution < 1.29 is 13.2 Å². The third kappa shape index (κ3) is 4.73. The first-order valence-electron chi connectivity index (χ1n) is 9.65. The van der Waals surface area contributed by atoms with Crippen LogP contribution in [-0.2, 0) is 27.6 Å². The van der Waals surface area contributed by atoms with Crippen molar-refractivity contribution in [3.05, 3.63) is 70.8 Å². The molecule has 7 heteroatoms. The summed E-state index contributed by atoms with van der Waals surface area (Å²) in [6.07, 6.45) is 0.246. The van der Waals surface area contributed by atoms with E-state index in [4.69, 9.17) is 0 Å². The normalized spacial score (nSPS) is 24.1. The molecule has 1 amide bonds. The summed E-state index contributed by atoms with van der Waals surface area (Å²) in [5, 5.41) is 0.587. The van der Waals surface area contributed by atoms with E-state index in [2.05, 4.69) is 4.99 Å². The average Bonchev–Trinajstić information content (AvgIpc) is 3.11. The summed E-state index contributed by atoms with van der Waals surface area (Å²) in [4.78, 5) is 19.0. The van der Waals surface area contributed by atoms with Crippen molar-refractivity contribution >= 4 is 32.7 Å². The van der Waals surface area contributed by atoms with Crippen molar-refractivity contribution in [1.82, 2.24) is 4.90 Å². The number of rotatable bonds is 4. The second-order valence-corrected chi connectivity index (χ2v) is 11.2. The Morgan fingerprint density at radius 3 is 2.21 bits per heavy atom. The van der Waals surface area contributed by atoms with Gasteiger partial charge in [0.2, 0.25) is 0 Å². The topological polar surface area (TPSA) is 66.8 Å². The van der Waals surface area contributed by atoms with Crippen LogP contribution < -0.4 is 0 Å². The zero-order chi connectivity index (χ0) is 20.6. The highest BCUT2D eigenvalue weighted by molar-refractivity contribution is 8.15. The van der Waals surface area contributed by atoms with Gasteiger partial charge in [-0.1, -0.05) is 71.4 Å². The summed E-state index contributed by atoms with van der Waals surface area (Å²) in [6.45, 7) is 4.60. The van der Waals surface area contributed by atoms with E-state index in [0.717, 1.165) is 16.7 Å². The predicted octanol–water partition coefficient (Wildman–Crippen LogP) is 3.14. The summed E-state index contributed by atoms with van der Waals surface area (Å²) >= 11 is 1.43. The van der Waals surface area contributed by atoms with E-state index in [1.165, 1.54) is 17.3 Å². The van der Waals surface area contributed by atoms with Crippen LogP contribution in [-0.4, -0.2) is 47.2 Å². The molecule has 0 spiro atoms. The molecule has 2 aromatic rings. The number of amidine groups is 1. The first kappa shape index (κ1) is 20.2. The largest absolute Gasteiger partial charge is 0.342 e. The Morgan fingerprint density at radius 2 is 1.59 bits per heavy atom. The number of hydrogen-bond acceptors (Lipinski definition) is 4. The maximum absolute atomic E-state index is 12.6. The minimum absolute atomic E-state index is 0.0589. The average molecular weight is 429 g/mol. The number of amides is 1. The Labute approximate surface area is 176 Å². The first-order chi connectivity index (χ1) is 13.8. The lowest BCUT2D eigenvalue weighted by Crippen LogP contribution is -2.37. The number of fused-ring (bicyclic) bond motifs is 1. The van der Waals surface area contributed by atoms with Gasteiger partial charge in [0.05, 0.1) is 24.0 Å².